The summed E-state index contributed by atoms with van der Waals surface area (Å²) in [5, 5.41) is 3.14. The molecular weight excluding hydrogens is 316 g/mol. The molecule has 0 saturated carbocycles. The molecule has 1 amide bonds. The van der Waals surface area contributed by atoms with E-state index in [9.17, 15) is 4.79 Å². The molecule has 3 rings (SSSR count). The van der Waals surface area contributed by atoms with E-state index in [0.29, 0.717) is 18.3 Å². The maximum atomic E-state index is 11.9. The first-order valence-corrected chi connectivity index (χ1v) is 8.54. The maximum Gasteiger partial charge on any atom is 0.236 e. The van der Waals surface area contributed by atoms with Crippen LogP contribution in [-0.2, 0) is 4.79 Å². The summed E-state index contributed by atoms with van der Waals surface area (Å²) in [5.41, 5.74) is 0.980. The second kappa shape index (κ2) is 8.02. The van der Waals surface area contributed by atoms with Gasteiger partial charge in [0.25, 0.3) is 0 Å². The summed E-state index contributed by atoms with van der Waals surface area (Å²) in [7, 11) is 3.59. The molecule has 1 fully saturated rings. The number of aromatic nitrogens is 3. The molecule has 0 spiro atoms. The first kappa shape index (κ1) is 17.3. The summed E-state index contributed by atoms with van der Waals surface area (Å²) in [6.07, 6.45) is 7.45. The van der Waals surface area contributed by atoms with E-state index in [0.717, 1.165) is 37.4 Å². The van der Waals surface area contributed by atoms with E-state index in [1.807, 2.05) is 24.4 Å². The van der Waals surface area contributed by atoms with Crippen LogP contribution in [0.25, 0.3) is 0 Å². The number of nitrogens with zero attached hydrogens (tertiary/aromatic N) is 5. The van der Waals surface area contributed by atoms with Gasteiger partial charge in [0.2, 0.25) is 5.91 Å². The van der Waals surface area contributed by atoms with Gasteiger partial charge in [0, 0.05) is 32.8 Å². The molecule has 1 unspecified atom stereocenters. The van der Waals surface area contributed by atoms with Crippen LogP contribution in [0.3, 0.4) is 0 Å². The largest absolute Gasteiger partial charge is 0.348 e. The number of hydrogen-bond donors (Lipinski definition) is 1. The molecule has 0 aromatic carbocycles. The summed E-state index contributed by atoms with van der Waals surface area (Å²) < 4.78 is 0. The molecule has 1 N–H and O–H groups in total. The Balaban J connectivity index is 1.60. The van der Waals surface area contributed by atoms with Crippen LogP contribution >= 0.6 is 0 Å². The third kappa shape index (κ3) is 4.73. The van der Waals surface area contributed by atoms with E-state index in [2.05, 4.69) is 25.2 Å². The van der Waals surface area contributed by atoms with E-state index in [-0.39, 0.29) is 5.91 Å². The monoisotopic (exact) mass is 340 g/mol. The highest BCUT2D eigenvalue weighted by Crippen LogP contribution is 2.25. The molecule has 2 aromatic rings. The van der Waals surface area contributed by atoms with Crippen molar-refractivity contribution < 1.29 is 4.79 Å². The smallest absolute Gasteiger partial charge is 0.236 e. The fourth-order valence-electron chi connectivity index (χ4n) is 2.95. The van der Waals surface area contributed by atoms with E-state index in [1.165, 1.54) is 0 Å². The van der Waals surface area contributed by atoms with Crippen LogP contribution in [0, 0.1) is 0 Å². The Labute approximate surface area is 148 Å². The molecule has 1 saturated heterocycles. The quantitative estimate of drug-likeness (QED) is 0.896. The van der Waals surface area contributed by atoms with E-state index < -0.39 is 0 Å². The maximum absolute atomic E-state index is 11.9. The Morgan fingerprint density at radius 1 is 1.24 bits per heavy atom. The Kier molecular flexibility index (Phi) is 5.55. The van der Waals surface area contributed by atoms with Gasteiger partial charge in [-0.3, -0.25) is 14.7 Å². The number of carbonyl (C=O) groups is 1. The minimum Gasteiger partial charge on any atom is -0.348 e. The van der Waals surface area contributed by atoms with Gasteiger partial charge >= 0.3 is 0 Å². The molecule has 132 valence electrons. The Hall–Kier alpha value is -2.54. The van der Waals surface area contributed by atoms with E-state index in [4.69, 9.17) is 0 Å². The van der Waals surface area contributed by atoms with Crippen molar-refractivity contribution in [3.8, 4) is 0 Å². The van der Waals surface area contributed by atoms with Gasteiger partial charge < -0.3 is 10.2 Å². The number of pyridine rings is 1. The lowest BCUT2D eigenvalue weighted by Crippen LogP contribution is -2.41. The number of likely N-dealkylation sites (N-methyl/N-ethyl adjacent to an activating group) is 1. The highest BCUT2D eigenvalue weighted by molar-refractivity contribution is 5.77. The number of carbonyl (C=O) groups excluding carboxylic acids is 1. The molecule has 0 bridgehead atoms. The van der Waals surface area contributed by atoms with Gasteiger partial charge in [0.1, 0.15) is 11.6 Å². The van der Waals surface area contributed by atoms with Crippen LogP contribution in [-0.4, -0.2) is 64.4 Å². The van der Waals surface area contributed by atoms with Crippen LogP contribution in [0.2, 0.25) is 0 Å². The molecule has 3 heterocycles. The highest BCUT2D eigenvalue weighted by atomic mass is 16.2. The molecule has 1 aliphatic heterocycles. The third-order valence-electron chi connectivity index (χ3n) is 4.37. The number of anilines is 2. The second-order valence-electron chi connectivity index (χ2n) is 6.53. The molecule has 0 aliphatic carbocycles. The summed E-state index contributed by atoms with van der Waals surface area (Å²) in [6.45, 7) is 2.28. The number of piperidine rings is 1. The van der Waals surface area contributed by atoms with Crippen molar-refractivity contribution >= 4 is 17.5 Å². The summed E-state index contributed by atoms with van der Waals surface area (Å²) >= 11 is 0. The zero-order valence-electron chi connectivity index (χ0n) is 14.7. The molecule has 7 nitrogen and oxygen atoms in total. The number of nitrogens with one attached hydrogen (secondary N) is 1. The first-order valence-electron chi connectivity index (χ1n) is 8.54. The minimum atomic E-state index is 0.140. The topological polar surface area (TPSA) is 74.2 Å². The SMILES string of the molecule is CN(C)C(=O)CN1CCCC(c2cnc(Nc3ccccn3)cn2)C1. The molecular formula is C18H24N6O. The molecule has 1 atom stereocenters. The van der Waals surface area contributed by atoms with Gasteiger partial charge in [0.15, 0.2) is 0 Å². The van der Waals surface area contributed by atoms with Crippen molar-refractivity contribution in [3.05, 3.63) is 42.5 Å². The fraction of sp³-hybridized carbons (Fsp3) is 0.444. The zero-order chi connectivity index (χ0) is 17.6. The van der Waals surface area contributed by atoms with Crippen LogP contribution in [0.4, 0.5) is 11.6 Å². The predicted octanol–water partition coefficient (Wildman–Crippen LogP) is 1.88. The van der Waals surface area contributed by atoms with Crippen molar-refractivity contribution in [3.63, 3.8) is 0 Å². The van der Waals surface area contributed by atoms with Crippen molar-refractivity contribution in [1.29, 1.82) is 0 Å². The highest BCUT2D eigenvalue weighted by Gasteiger charge is 2.24. The molecule has 7 heteroatoms. The molecule has 2 aromatic heterocycles. The van der Waals surface area contributed by atoms with E-state index in [1.54, 1.807) is 31.4 Å². The number of hydrogen-bond acceptors (Lipinski definition) is 6. The van der Waals surface area contributed by atoms with Crippen LogP contribution in [0.15, 0.2) is 36.8 Å². The van der Waals surface area contributed by atoms with E-state index >= 15 is 0 Å². The first-order chi connectivity index (χ1) is 12.1. The van der Waals surface area contributed by atoms with Crippen molar-refractivity contribution in [2.75, 3.05) is 39.0 Å². The summed E-state index contributed by atoms with van der Waals surface area (Å²) in [6, 6.07) is 5.68. The van der Waals surface area contributed by atoms with Crippen molar-refractivity contribution in [2.45, 2.75) is 18.8 Å². The lowest BCUT2D eigenvalue weighted by atomic mass is 9.95. The number of rotatable bonds is 5. The lowest BCUT2D eigenvalue weighted by Gasteiger charge is -2.32. The van der Waals surface area contributed by atoms with Gasteiger partial charge in [-0.15, -0.1) is 0 Å². The third-order valence-corrected chi connectivity index (χ3v) is 4.37. The van der Waals surface area contributed by atoms with Crippen LogP contribution < -0.4 is 5.32 Å². The summed E-state index contributed by atoms with van der Waals surface area (Å²) in [5.74, 6) is 1.88. The van der Waals surface area contributed by atoms with Gasteiger partial charge in [-0.05, 0) is 31.5 Å². The van der Waals surface area contributed by atoms with Gasteiger partial charge in [-0.25, -0.2) is 9.97 Å². The van der Waals surface area contributed by atoms with Gasteiger partial charge in [-0.1, -0.05) is 6.07 Å². The number of likely N-dealkylation sites (tertiary alicyclic amines) is 1. The normalized spacial score (nSPS) is 17.9. The van der Waals surface area contributed by atoms with Crippen LogP contribution in [0.5, 0.6) is 0 Å². The standard InChI is InChI=1S/C18H24N6O/c1-23(2)18(25)13-24-9-5-6-14(12-24)15-10-21-17(11-20-15)22-16-7-3-4-8-19-16/h3-4,7-8,10-11,14H,5-6,9,12-13H2,1-2H3,(H,19,21,22). The predicted molar refractivity (Wildman–Crippen MR) is 96.7 cm³/mol. The summed E-state index contributed by atoms with van der Waals surface area (Å²) in [4.78, 5) is 29.0. The average Bonchev–Trinajstić information content (AvgIpc) is 2.63. The minimum absolute atomic E-state index is 0.140. The Morgan fingerprint density at radius 2 is 2.12 bits per heavy atom. The van der Waals surface area contributed by atoms with Crippen LogP contribution in [0.1, 0.15) is 24.5 Å². The Morgan fingerprint density at radius 3 is 2.80 bits per heavy atom. The Bertz CT molecular complexity index is 688. The molecule has 1 aliphatic rings. The fourth-order valence-corrected chi connectivity index (χ4v) is 2.95. The van der Waals surface area contributed by atoms with Gasteiger partial charge in [-0.2, -0.15) is 0 Å². The van der Waals surface area contributed by atoms with Gasteiger partial charge in [0.05, 0.1) is 24.6 Å². The molecule has 0 radical (unpaired) electrons. The van der Waals surface area contributed by atoms with Crippen molar-refractivity contribution in [2.24, 2.45) is 0 Å². The van der Waals surface area contributed by atoms with Crippen molar-refractivity contribution in [1.82, 2.24) is 24.8 Å². The second-order valence-corrected chi connectivity index (χ2v) is 6.53. The zero-order valence-corrected chi connectivity index (χ0v) is 14.7. The molecule has 25 heavy (non-hydrogen) atoms. The average molecular weight is 340 g/mol. The number of amides is 1. The lowest BCUT2D eigenvalue weighted by molar-refractivity contribution is -0.130.